The van der Waals surface area contributed by atoms with E-state index in [2.05, 4.69) is 18.4 Å². The Morgan fingerprint density at radius 2 is 2.07 bits per heavy atom. The molecule has 0 spiro atoms. The predicted molar refractivity (Wildman–Crippen MR) is 114 cm³/mol. The van der Waals surface area contributed by atoms with Gasteiger partial charge in [-0.05, 0) is 63.0 Å². The summed E-state index contributed by atoms with van der Waals surface area (Å²) in [4.78, 5) is 14.9. The number of aliphatic hydroxyl groups is 1. The molecule has 1 N–H and O–H groups in total. The Kier molecular flexibility index (Phi) is 5.37. The number of likely N-dealkylation sites (N-methyl/N-ethyl adjacent to an activating group) is 1. The number of ether oxygens (including phenoxy) is 1. The van der Waals surface area contributed by atoms with Crippen molar-refractivity contribution >= 4 is 5.97 Å². The van der Waals surface area contributed by atoms with Crippen LogP contribution < -0.4 is 0 Å². The molecular formula is C25H35NO3. The number of carbonyl (C=O) groups excluding carboxylic acids is 1. The van der Waals surface area contributed by atoms with Gasteiger partial charge in [0, 0.05) is 19.0 Å². The van der Waals surface area contributed by atoms with Crippen LogP contribution in [0.25, 0.3) is 0 Å². The quantitative estimate of drug-likeness (QED) is 0.599. The van der Waals surface area contributed by atoms with Gasteiger partial charge in [-0.3, -0.25) is 4.79 Å². The highest BCUT2D eigenvalue weighted by atomic mass is 16.6. The maximum Gasteiger partial charge on any atom is 0.310 e. The fraction of sp³-hybridized carbons (Fsp3) is 0.640. The van der Waals surface area contributed by atoms with Gasteiger partial charge in [0.25, 0.3) is 0 Å². The van der Waals surface area contributed by atoms with Crippen molar-refractivity contribution in [2.45, 2.75) is 57.7 Å². The van der Waals surface area contributed by atoms with Crippen molar-refractivity contribution < 1.29 is 14.6 Å². The van der Waals surface area contributed by atoms with Crippen LogP contribution in [0.1, 0.15) is 51.5 Å². The second kappa shape index (κ2) is 7.55. The Bertz CT molecular complexity index is 774. The van der Waals surface area contributed by atoms with Crippen molar-refractivity contribution in [1.29, 1.82) is 0 Å². The van der Waals surface area contributed by atoms with Crippen LogP contribution in [-0.4, -0.2) is 42.2 Å². The first-order valence-corrected chi connectivity index (χ1v) is 11.0. The summed E-state index contributed by atoms with van der Waals surface area (Å²) >= 11 is 0. The molecule has 4 heteroatoms. The third-order valence-corrected chi connectivity index (χ3v) is 7.80. The number of hydrogen-bond donors (Lipinski definition) is 1. The van der Waals surface area contributed by atoms with Crippen molar-refractivity contribution in [2.24, 2.45) is 23.2 Å². The zero-order valence-corrected chi connectivity index (χ0v) is 18.1. The minimum Gasteiger partial charge on any atom is -0.462 e. The van der Waals surface area contributed by atoms with E-state index in [1.54, 1.807) is 0 Å². The molecule has 4 nitrogen and oxygen atoms in total. The Hall–Kier alpha value is -1.65. The van der Waals surface area contributed by atoms with Gasteiger partial charge in [0.2, 0.25) is 0 Å². The number of esters is 1. The molecule has 3 aliphatic rings. The van der Waals surface area contributed by atoms with Gasteiger partial charge >= 0.3 is 5.97 Å². The number of allylic oxidation sites excluding steroid dienone is 1. The second-order valence-corrected chi connectivity index (χ2v) is 10.2. The summed E-state index contributed by atoms with van der Waals surface area (Å²) in [6.07, 6.45) is 5.56. The third-order valence-electron chi connectivity index (χ3n) is 7.80. The lowest BCUT2D eigenvalue weighted by Crippen LogP contribution is -2.46. The molecule has 1 aliphatic heterocycles. The van der Waals surface area contributed by atoms with Gasteiger partial charge in [-0.1, -0.05) is 49.4 Å². The molecule has 1 heterocycles. The summed E-state index contributed by atoms with van der Waals surface area (Å²) in [6, 6.07) is 9.74. The highest BCUT2D eigenvalue weighted by Crippen LogP contribution is 2.56. The van der Waals surface area contributed by atoms with E-state index >= 15 is 0 Å². The van der Waals surface area contributed by atoms with E-state index < -0.39 is 5.60 Å². The molecule has 0 amide bonds. The van der Waals surface area contributed by atoms with Crippen molar-refractivity contribution in [3.63, 3.8) is 0 Å². The van der Waals surface area contributed by atoms with Crippen molar-refractivity contribution in [3.05, 3.63) is 48.0 Å². The van der Waals surface area contributed by atoms with Crippen LogP contribution in [0, 0.1) is 23.2 Å². The number of fused-ring (bicyclic) bond motifs is 2. The van der Waals surface area contributed by atoms with Crippen LogP contribution >= 0.6 is 0 Å². The highest BCUT2D eigenvalue weighted by Gasteiger charge is 2.55. The summed E-state index contributed by atoms with van der Waals surface area (Å²) in [5, 5.41) is 11.0. The van der Waals surface area contributed by atoms with Gasteiger partial charge in [0.05, 0.1) is 11.5 Å². The molecular weight excluding hydrogens is 362 g/mol. The summed E-state index contributed by atoms with van der Waals surface area (Å²) in [7, 11) is 1.99. The van der Waals surface area contributed by atoms with Crippen LogP contribution in [0.4, 0.5) is 0 Å². The summed E-state index contributed by atoms with van der Waals surface area (Å²) in [5.41, 5.74) is 1.54. The predicted octanol–water partition coefficient (Wildman–Crippen LogP) is 4.14. The molecule has 1 aromatic carbocycles. The van der Waals surface area contributed by atoms with E-state index in [4.69, 9.17) is 4.74 Å². The molecule has 0 radical (unpaired) electrons. The fourth-order valence-electron chi connectivity index (χ4n) is 6.28. The molecule has 1 saturated heterocycles. The van der Waals surface area contributed by atoms with Gasteiger partial charge in [0.15, 0.2) is 0 Å². The Morgan fingerprint density at radius 3 is 2.79 bits per heavy atom. The molecule has 6 atom stereocenters. The zero-order valence-electron chi connectivity index (χ0n) is 18.1. The third kappa shape index (κ3) is 3.89. The van der Waals surface area contributed by atoms with Crippen LogP contribution in [-0.2, 0) is 15.1 Å². The van der Waals surface area contributed by atoms with Gasteiger partial charge in [-0.15, -0.1) is 0 Å². The monoisotopic (exact) mass is 397 g/mol. The molecule has 2 saturated carbocycles. The number of benzene rings is 1. The lowest BCUT2D eigenvalue weighted by molar-refractivity contribution is -0.146. The number of nitrogens with zero attached hydrogens (tertiary/aromatic N) is 1. The van der Waals surface area contributed by atoms with Crippen molar-refractivity contribution in [2.75, 3.05) is 20.1 Å². The van der Waals surface area contributed by atoms with Crippen molar-refractivity contribution in [1.82, 2.24) is 4.90 Å². The lowest BCUT2D eigenvalue weighted by Gasteiger charge is -2.50. The normalized spacial score (nSPS) is 36.3. The first-order chi connectivity index (χ1) is 13.7. The summed E-state index contributed by atoms with van der Waals surface area (Å²) in [5.74, 6) is 0.599. The van der Waals surface area contributed by atoms with Crippen molar-refractivity contribution in [3.8, 4) is 0 Å². The molecule has 1 aromatic rings. The molecule has 0 aromatic heterocycles. The van der Waals surface area contributed by atoms with Gasteiger partial charge in [0.1, 0.15) is 6.10 Å². The smallest absolute Gasteiger partial charge is 0.310 e. The van der Waals surface area contributed by atoms with Crippen LogP contribution in [0.2, 0.25) is 0 Å². The number of hydrogen-bond acceptors (Lipinski definition) is 4. The largest absolute Gasteiger partial charge is 0.462 e. The molecule has 0 bridgehead atoms. The fourth-order valence-corrected chi connectivity index (χ4v) is 6.28. The zero-order chi connectivity index (χ0) is 20.8. The van der Waals surface area contributed by atoms with Gasteiger partial charge < -0.3 is 14.7 Å². The van der Waals surface area contributed by atoms with E-state index in [-0.39, 0.29) is 29.3 Å². The standard InChI is InChI=1S/C25H35NO3/c1-17-9-8-12-24(2)14-22-19(13-21(17)24)20(23(27)29-22)15-26(4)16-25(3,28)18-10-6-5-7-11-18/h5-7,10-11,19-22,28H,1,8-9,12-16H2,2-4H3/t19-,20-,21-,22+,24+,25+/m0/s1. The van der Waals surface area contributed by atoms with Gasteiger partial charge in [-0.25, -0.2) is 0 Å². The molecule has 29 heavy (non-hydrogen) atoms. The first-order valence-electron chi connectivity index (χ1n) is 11.0. The van der Waals surface area contributed by atoms with Crippen LogP contribution in [0.3, 0.4) is 0 Å². The molecule has 4 rings (SSSR count). The molecule has 2 aliphatic carbocycles. The average molecular weight is 398 g/mol. The SMILES string of the molecule is C=C1CCC[C@]2(C)C[C@H]3OC(=O)[C@@H](CN(C)C[C@@](C)(O)c4ccccc4)[C@@H]3C[C@@H]12. The Morgan fingerprint density at radius 1 is 1.34 bits per heavy atom. The van der Waals surface area contributed by atoms with E-state index in [1.165, 1.54) is 18.4 Å². The van der Waals surface area contributed by atoms with Crippen LogP contribution in [0.15, 0.2) is 42.5 Å². The van der Waals surface area contributed by atoms with Crippen LogP contribution in [0.5, 0.6) is 0 Å². The molecule has 158 valence electrons. The van der Waals surface area contributed by atoms with E-state index in [0.717, 1.165) is 24.8 Å². The van der Waals surface area contributed by atoms with E-state index in [1.807, 2.05) is 44.3 Å². The topological polar surface area (TPSA) is 49.8 Å². The lowest BCUT2D eigenvalue weighted by atomic mass is 9.55. The minimum atomic E-state index is -0.958. The highest BCUT2D eigenvalue weighted by molar-refractivity contribution is 5.75. The first kappa shape index (κ1) is 20.6. The summed E-state index contributed by atoms with van der Waals surface area (Å²) in [6.45, 7) is 9.68. The minimum absolute atomic E-state index is 0.0442. The summed E-state index contributed by atoms with van der Waals surface area (Å²) < 4.78 is 5.89. The molecule has 0 unspecified atom stereocenters. The maximum absolute atomic E-state index is 12.8. The Labute approximate surface area is 174 Å². The second-order valence-electron chi connectivity index (χ2n) is 10.2. The Balaban J connectivity index is 1.45. The van der Waals surface area contributed by atoms with Gasteiger partial charge in [-0.2, -0.15) is 0 Å². The number of carbonyl (C=O) groups is 1. The van der Waals surface area contributed by atoms with E-state index in [9.17, 15) is 9.90 Å². The number of rotatable bonds is 5. The average Bonchev–Trinajstić information content (AvgIpc) is 2.94. The van der Waals surface area contributed by atoms with E-state index in [0.29, 0.717) is 19.0 Å². The molecule has 3 fully saturated rings. The maximum atomic E-state index is 12.8.